The van der Waals surface area contributed by atoms with E-state index in [0.717, 1.165) is 5.23 Å². The lowest BCUT2D eigenvalue weighted by molar-refractivity contribution is 0.00301. The third-order valence-corrected chi connectivity index (χ3v) is 5.39. The van der Waals surface area contributed by atoms with Crippen molar-refractivity contribution in [2.75, 3.05) is 6.26 Å². The SMILES string of the molecule is CSC1=NC2(CCCCC2)C2CCCCC2O1. The summed E-state index contributed by atoms with van der Waals surface area (Å²) >= 11 is 1.70. The number of aliphatic imine (C=N–C) groups is 1. The summed E-state index contributed by atoms with van der Waals surface area (Å²) in [5, 5.41) is 0.968. The highest BCUT2D eigenvalue weighted by Crippen LogP contribution is 2.48. The van der Waals surface area contributed by atoms with E-state index in [9.17, 15) is 0 Å². The molecule has 0 bridgehead atoms. The zero-order chi connectivity index (χ0) is 11.7. The Balaban J connectivity index is 1.90. The van der Waals surface area contributed by atoms with Crippen LogP contribution in [-0.4, -0.2) is 23.1 Å². The minimum Gasteiger partial charge on any atom is -0.469 e. The van der Waals surface area contributed by atoms with Crippen molar-refractivity contribution in [1.29, 1.82) is 0 Å². The van der Waals surface area contributed by atoms with E-state index in [1.807, 2.05) is 0 Å². The van der Waals surface area contributed by atoms with Crippen LogP contribution in [0, 0.1) is 5.92 Å². The number of ether oxygens (including phenoxy) is 1. The van der Waals surface area contributed by atoms with Crippen LogP contribution >= 0.6 is 11.8 Å². The summed E-state index contributed by atoms with van der Waals surface area (Å²) in [5.41, 5.74) is 0.264. The quantitative estimate of drug-likeness (QED) is 0.651. The minimum atomic E-state index is 0.264. The summed E-state index contributed by atoms with van der Waals surface area (Å²) in [7, 11) is 0. The predicted molar refractivity (Wildman–Crippen MR) is 73.6 cm³/mol. The van der Waals surface area contributed by atoms with Crippen molar-refractivity contribution < 1.29 is 4.74 Å². The fourth-order valence-corrected chi connectivity index (χ4v) is 4.51. The van der Waals surface area contributed by atoms with Crippen LogP contribution in [0.15, 0.2) is 4.99 Å². The smallest absolute Gasteiger partial charge is 0.246 e. The fraction of sp³-hybridized carbons (Fsp3) is 0.929. The number of fused-ring (bicyclic) bond motifs is 2. The second kappa shape index (κ2) is 4.83. The summed E-state index contributed by atoms with van der Waals surface area (Å²) < 4.78 is 6.08. The van der Waals surface area contributed by atoms with Crippen molar-refractivity contribution in [3.05, 3.63) is 0 Å². The normalized spacial score (nSPS) is 35.9. The number of thioether (sulfide) groups is 1. The van der Waals surface area contributed by atoms with Gasteiger partial charge in [0.05, 0.1) is 5.54 Å². The molecule has 0 N–H and O–H groups in total. The Bertz CT molecular complexity index is 309. The van der Waals surface area contributed by atoms with E-state index in [1.165, 1.54) is 57.8 Å². The summed E-state index contributed by atoms with van der Waals surface area (Å²) in [4.78, 5) is 5.03. The molecule has 0 amide bonds. The van der Waals surface area contributed by atoms with Gasteiger partial charge in [-0.3, -0.25) is 0 Å². The summed E-state index contributed by atoms with van der Waals surface area (Å²) in [6, 6.07) is 0. The fourth-order valence-electron chi connectivity index (χ4n) is 4.01. The Morgan fingerprint density at radius 1 is 1.12 bits per heavy atom. The summed E-state index contributed by atoms with van der Waals surface area (Å²) in [5.74, 6) is 0.715. The van der Waals surface area contributed by atoms with Gasteiger partial charge < -0.3 is 4.74 Å². The molecule has 0 aromatic rings. The van der Waals surface area contributed by atoms with Crippen LogP contribution in [0.5, 0.6) is 0 Å². The molecule has 2 fully saturated rings. The van der Waals surface area contributed by atoms with E-state index in [4.69, 9.17) is 9.73 Å². The second-order valence-electron chi connectivity index (χ2n) is 5.79. The highest BCUT2D eigenvalue weighted by Gasteiger charge is 2.48. The van der Waals surface area contributed by atoms with Gasteiger partial charge >= 0.3 is 0 Å². The van der Waals surface area contributed by atoms with Crippen molar-refractivity contribution >= 4 is 17.0 Å². The topological polar surface area (TPSA) is 21.6 Å². The molecule has 96 valence electrons. The van der Waals surface area contributed by atoms with E-state index in [0.29, 0.717) is 12.0 Å². The number of hydrogen-bond acceptors (Lipinski definition) is 3. The third-order valence-electron chi connectivity index (χ3n) is 4.85. The highest BCUT2D eigenvalue weighted by molar-refractivity contribution is 8.12. The lowest BCUT2D eigenvalue weighted by atomic mass is 9.66. The maximum Gasteiger partial charge on any atom is 0.246 e. The van der Waals surface area contributed by atoms with Crippen LogP contribution in [0.25, 0.3) is 0 Å². The Labute approximate surface area is 109 Å². The monoisotopic (exact) mass is 253 g/mol. The predicted octanol–water partition coefficient (Wildman–Crippen LogP) is 4.00. The van der Waals surface area contributed by atoms with Gasteiger partial charge in [-0.15, -0.1) is 0 Å². The number of nitrogens with zero attached hydrogens (tertiary/aromatic N) is 1. The Morgan fingerprint density at radius 3 is 2.65 bits per heavy atom. The average molecular weight is 253 g/mol. The highest BCUT2D eigenvalue weighted by atomic mass is 32.2. The number of rotatable bonds is 0. The van der Waals surface area contributed by atoms with Gasteiger partial charge in [0.25, 0.3) is 0 Å². The second-order valence-corrected chi connectivity index (χ2v) is 6.55. The lowest BCUT2D eigenvalue weighted by Crippen LogP contribution is -2.50. The molecule has 1 spiro atoms. The molecule has 2 nitrogen and oxygen atoms in total. The molecule has 3 rings (SSSR count). The lowest BCUT2D eigenvalue weighted by Gasteiger charge is -2.49. The average Bonchev–Trinajstić information content (AvgIpc) is 2.40. The zero-order valence-corrected chi connectivity index (χ0v) is 11.6. The van der Waals surface area contributed by atoms with E-state index in [1.54, 1.807) is 11.8 Å². The zero-order valence-electron chi connectivity index (χ0n) is 10.8. The molecule has 2 saturated carbocycles. The van der Waals surface area contributed by atoms with E-state index >= 15 is 0 Å². The molecule has 0 aromatic heterocycles. The van der Waals surface area contributed by atoms with Gasteiger partial charge in [-0.25, -0.2) is 4.99 Å². The van der Waals surface area contributed by atoms with Gasteiger partial charge in [-0.1, -0.05) is 37.4 Å². The first-order valence-electron chi connectivity index (χ1n) is 7.15. The molecule has 2 atom stereocenters. The van der Waals surface area contributed by atoms with Crippen molar-refractivity contribution in [1.82, 2.24) is 0 Å². The number of hydrogen-bond donors (Lipinski definition) is 0. The van der Waals surface area contributed by atoms with E-state index < -0.39 is 0 Å². The van der Waals surface area contributed by atoms with Gasteiger partial charge in [0, 0.05) is 5.92 Å². The molecule has 0 saturated heterocycles. The van der Waals surface area contributed by atoms with Gasteiger partial charge in [0.2, 0.25) is 5.23 Å². The van der Waals surface area contributed by atoms with Crippen molar-refractivity contribution in [2.45, 2.75) is 69.4 Å². The molecule has 1 heterocycles. The van der Waals surface area contributed by atoms with Crippen molar-refractivity contribution in [3.8, 4) is 0 Å². The molecule has 1 aliphatic heterocycles. The van der Waals surface area contributed by atoms with Gasteiger partial charge in [-0.2, -0.15) is 0 Å². The first-order chi connectivity index (χ1) is 8.34. The molecule has 3 heteroatoms. The van der Waals surface area contributed by atoms with Crippen LogP contribution in [0.4, 0.5) is 0 Å². The Kier molecular flexibility index (Phi) is 3.38. The molecule has 0 aromatic carbocycles. The molecule has 2 aliphatic carbocycles. The molecule has 17 heavy (non-hydrogen) atoms. The molecular formula is C14H23NOS. The summed E-state index contributed by atoms with van der Waals surface area (Å²) in [6.07, 6.45) is 14.7. The van der Waals surface area contributed by atoms with Crippen LogP contribution < -0.4 is 0 Å². The molecule has 2 unspecified atom stereocenters. The first kappa shape index (κ1) is 11.9. The van der Waals surface area contributed by atoms with Crippen LogP contribution in [-0.2, 0) is 4.74 Å². The Morgan fingerprint density at radius 2 is 1.88 bits per heavy atom. The maximum absolute atomic E-state index is 6.08. The first-order valence-corrected chi connectivity index (χ1v) is 8.37. The molecular weight excluding hydrogens is 230 g/mol. The van der Waals surface area contributed by atoms with Crippen LogP contribution in [0.1, 0.15) is 57.8 Å². The van der Waals surface area contributed by atoms with Crippen LogP contribution in [0.3, 0.4) is 0 Å². The third kappa shape index (κ3) is 2.11. The summed E-state index contributed by atoms with van der Waals surface area (Å²) in [6.45, 7) is 0. The standard InChI is InChI=1S/C14H23NOS/c1-17-13-15-14(9-5-2-6-10-14)11-7-3-4-8-12(11)16-13/h11-12H,2-10H2,1H3. The Hall–Kier alpha value is -0.180. The van der Waals surface area contributed by atoms with Crippen LogP contribution in [0.2, 0.25) is 0 Å². The van der Waals surface area contributed by atoms with Gasteiger partial charge in [0.15, 0.2) is 0 Å². The minimum absolute atomic E-state index is 0.264. The van der Waals surface area contributed by atoms with Gasteiger partial charge in [0.1, 0.15) is 6.10 Å². The molecule has 0 radical (unpaired) electrons. The maximum atomic E-state index is 6.08. The van der Waals surface area contributed by atoms with E-state index in [2.05, 4.69) is 6.26 Å². The molecule has 3 aliphatic rings. The van der Waals surface area contributed by atoms with Crippen molar-refractivity contribution in [3.63, 3.8) is 0 Å². The van der Waals surface area contributed by atoms with E-state index in [-0.39, 0.29) is 5.54 Å². The largest absolute Gasteiger partial charge is 0.469 e. The van der Waals surface area contributed by atoms with Gasteiger partial charge in [-0.05, 0) is 38.4 Å². The van der Waals surface area contributed by atoms with Crippen molar-refractivity contribution in [2.24, 2.45) is 10.9 Å².